The number of halogens is 4. The molecule has 0 N–H and O–H groups in total. The van der Waals surface area contributed by atoms with Gasteiger partial charge in [0.1, 0.15) is 0 Å². The highest BCUT2D eigenvalue weighted by Gasteiger charge is 2.35. The molecule has 0 heterocycles. The van der Waals surface area contributed by atoms with Gasteiger partial charge in [-0.25, -0.2) is 0 Å². The highest BCUT2D eigenvalue weighted by atomic mass is 35.5. The molecule has 1 atom stereocenters. The van der Waals surface area contributed by atoms with Crippen LogP contribution in [-0.2, 0) is 6.18 Å². The van der Waals surface area contributed by atoms with Crippen molar-refractivity contribution in [1.29, 1.82) is 0 Å². The maximum absolute atomic E-state index is 12.7. The quantitative estimate of drug-likeness (QED) is 0.718. The average molecular weight is 311 g/mol. The molecule has 0 saturated carbocycles. The van der Waals surface area contributed by atoms with Crippen LogP contribution in [0.4, 0.5) is 13.2 Å². The first-order valence-electron chi connectivity index (χ1n) is 6.36. The molecular weight excluding hydrogens is 301 g/mol. The SMILES string of the molecule is O=C1C[C@@H](c2ccc(Cl)cc2)c2ccc(C(F)(F)F)cc21. The van der Waals surface area contributed by atoms with Crippen LogP contribution in [0.2, 0.25) is 5.02 Å². The first-order chi connectivity index (χ1) is 9.86. The van der Waals surface area contributed by atoms with Gasteiger partial charge >= 0.3 is 6.18 Å². The van der Waals surface area contributed by atoms with Crippen LogP contribution >= 0.6 is 11.6 Å². The Bertz CT molecular complexity index is 704. The lowest BCUT2D eigenvalue weighted by molar-refractivity contribution is -0.137. The number of ketones is 1. The normalized spacial score (nSPS) is 17.9. The van der Waals surface area contributed by atoms with Gasteiger partial charge in [-0.15, -0.1) is 0 Å². The van der Waals surface area contributed by atoms with Gasteiger partial charge in [-0.05, 0) is 35.4 Å². The fourth-order valence-electron chi connectivity index (χ4n) is 2.68. The summed E-state index contributed by atoms with van der Waals surface area (Å²) in [5, 5.41) is 0.579. The van der Waals surface area contributed by atoms with E-state index in [2.05, 4.69) is 0 Å². The molecule has 0 unspecified atom stereocenters. The molecule has 0 radical (unpaired) electrons. The predicted molar refractivity (Wildman–Crippen MR) is 73.7 cm³/mol. The molecule has 0 saturated heterocycles. The van der Waals surface area contributed by atoms with Gasteiger partial charge in [0.05, 0.1) is 5.56 Å². The summed E-state index contributed by atoms with van der Waals surface area (Å²) in [4.78, 5) is 12.0. The number of benzene rings is 2. The molecule has 1 aliphatic carbocycles. The summed E-state index contributed by atoms with van der Waals surface area (Å²) in [5.41, 5.74) is 0.915. The number of rotatable bonds is 1. The maximum Gasteiger partial charge on any atom is 0.416 e. The van der Waals surface area contributed by atoms with Gasteiger partial charge in [0.25, 0.3) is 0 Å². The van der Waals surface area contributed by atoms with E-state index in [0.717, 1.165) is 17.7 Å². The van der Waals surface area contributed by atoms with Gasteiger partial charge in [-0.1, -0.05) is 29.8 Å². The Labute approximate surface area is 124 Å². The van der Waals surface area contributed by atoms with Crippen LogP contribution < -0.4 is 0 Å². The van der Waals surface area contributed by atoms with E-state index in [0.29, 0.717) is 10.6 Å². The number of alkyl halides is 3. The Morgan fingerprint density at radius 1 is 1.05 bits per heavy atom. The van der Waals surface area contributed by atoms with Gasteiger partial charge in [0.2, 0.25) is 0 Å². The maximum atomic E-state index is 12.7. The van der Waals surface area contributed by atoms with E-state index in [1.54, 1.807) is 24.3 Å². The molecule has 21 heavy (non-hydrogen) atoms. The van der Waals surface area contributed by atoms with Crippen molar-refractivity contribution in [3.8, 4) is 0 Å². The third-order valence-electron chi connectivity index (χ3n) is 3.72. The van der Waals surface area contributed by atoms with Crippen LogP contribution in [0.3, 0.4) is 0 Å². The summed E-state index contributed by atoms with van der Waals surface area (Å²) in [6, 6.07) is 10.4. The summed E-state index contributed by atoms with van der Waals surface area (Å²) in [7, 11) is 0. The van der Waals surface area contributed by atoms with Crippen LogP contribution in [-0.4, -0.2) is 5.78 Å². The lowest BCUT2D eigenvalue weighted by Gasteiger charge is -2.13. The third-order valence-corrected chi connectivity index (χ3v) is 3.97. The monoisotopic (exact) mass is 310 g/mol. The number of hydrogen-bond donors (Lipinski definition) is 0. The molecule has 1 nitrogen and oxygen atoms in total. The molecule has 5 heteroatoms. The van der Waals surface area contributed by atoms with Crippen LogP contribution in [0.5, 0.6) is 0 Å². The molecule has 1 aliphatic rings. The van der Waals surface area contributed by atoms with E-state index in [1.165, 1.54) is 6.07 Å². The Hall–Kier alpha value is -1.81. The standard InChI is InChI=1S/C16H10ClF3O/c17-11-4-1-9(2-5-11)13-8-15(21)14-7-10(16(18,19)20)3-6-12(13)14/h1-7,13H,8H2/t13-/m0/s1. The lowest BCUT2D eigenvalue weighted by atomic mass is 9.92. The van der Waals surface area contributed by atoms with Gasteiger partial charge in [0, 0.05) is 22.9 Å². The molecule has 0 aromatic heterocycles. The smallest absolute Gasteiger partial charge is 0.294 e. The molecule has 0 spiro atoms. The van der Waals surface area contributed by atoms with Crippen molar-refractivity contribution in [2.45, 2.75) is 18.5 Å². The molecular formula is C16H10ClF3O. The van der Waals surface area contributed by atoms with Crippen molar-refractivity contribution in [2.24, 2.45) is 0 Å². The Balaban J connectivity index is 2.04. The molecule has 0 amide bonds. The zero-order valence-electron chi connectivity index (χ0n) is 10.7. The largest absolute Gasteiger partial charge is 0.416 e. The zero-order valence-corrected chi connectivity index (χ0v) is 11.5. The first kappa shape index (κ1) is 14.1. The number of carbonyl (C=O) groups is 1. The highest BCUT2D eigenvalue weighted by Crippen LogP contribution is 2.41. The second-order valence-corrected chi connectivity index (χ2v) is 5.47. The Morgan fingerprint density at radius 3 is 2.33 bits per heavy atom. The van der Waals surface area contributed by atoms with E-state index in [4.69, 9.17) is 11.6 Å². The average Bonchev–Trinajstić information content (AvgIpc) is 2.76. The topological polar surface area (TPSA) is 17.1 Å². The minimum absolute atomic E-state index is 0.171. The number of hydrogen-bond acceptors (Lipinski definition) is 1. The first-order valence-corrected chi connectivity index (χ1v) is 6.74. The second-order valence-electron chi connectivity index (χ2n) is 5.03. The van der Waals surface area contributed by atoms with Crippen molar-refractivity contribution in [3.05, 3.63) is 69.7 Å². The molecule has 0 fully saturated rings. The minimum Gasteiger partial charge on any atom is -0.294 e. The fraction of sp³-hybridized carbons (Fsp3) is 0.188. The van der Waals surface area contributed by atoms with Crippen molar-refractivity contribution in [3.63, 3.8) is 0 Å². The van der Waals surface area contributed by atoms with Crippen LogP contribution in [0.25, 0.3) is 0 Å². The van der Waals surface area contributed by atoms with E-state index in [-0.39, 0.29) is 23.7 Å². The predicted octanol–water partition coefficient (Wildman–Crippen LogP) is 5.08. The van der Waals surface area contributed by atoms with Crippen LogP contribution in [0.15, 0.2) is 42.5 Å². The van der Waals surface area contributed by atoms with E-state index < -0.39 is 11.7 Å². The Kier molecular flexibility index (Phi) is 3.29. The molecule has 2 aromatic carbocycles. The van der Waals surface area contributed by atoms with Gasteiger partial charge < -0.3 is 0 Å². The van der Waals surface area contributed by atoms with Gasteiger partial charge in [0.15, 0.2) is 5.78 Å². The molecule has 108 valence electrons. The number of carbonyl (C=O) groups excluding carboxylic acids is 1. The Morgan fingerprint density at radius 2 is 1.71 bits per heavy atom. The van der Waals surface area contributed by atoms with E-state index >= 15 is 0 Å². The lowest BCUT2D eigenvalue weighted by Crippen LogP contribution is -2.06. The summed E-state index contributed by atoms with van der Waals surface area (Å²) in [5.74, 6) is -0.455. The second kappa shape index (κ2) is 4.88. The van der Waals surface area contributed by atoms with E-state index in [9.17, 15) is 18.0 Å². The minimum atomic E-state index is -4.44. The summed E-state index contributed by atoms with van der Waals surface area (Å²) in [6.45, 7) is 0. The summed E-state index contributed by atoms with van der Waals surface area (Å²) in [6.07, 6.45) is -4.24. The molecule has 0 aliphatic heterocycles. The molecule has 2 aromatic rings. The summed E-state index contributed by atoms with van der Waals surface area (Å²) >= 11 is 5.83. The zero-order chi connectivity index (χ0) is 15.2. The van der Waals surface area contributed by atoms with Gasteiger partial charge in [-0.3, -0.25) is 4.79 Å². The number of fused-ring (bicyclic) bond motifs is 1. The van der Waals surface area contributed by atoms with E-state index in [1.807, 2.05) is 0 Å². The molecule has 0 bridgehead atoms. The van der Waals surface area contributed by atoms with Crippen molar-refractivity contribution in [1.82, 2.24) is 0 Å². The summed E-state index contributed by atoms with van der Waals surface area (Å²) < 4.78 is 38.2. The molecule has 3 rings (SSSR count). The fourth-order valence-corrected chi connectivity index (χ4v) is 2.80. The number of Topliss-reactive ketones (excluding diaryl/α,β-unsaturated/α-hetero) is 1. The van der Waals surface area contributed by atoms with Crippen molar-refractivity contribution in [2.75, 3.05) is 0 Å². The van der Waals surface area contributed by atoms with Crippen LogP contribution in [0.1, 0.15) is 39.4 Å². The third kappa shape index (κ3) is 2.56. The van der Waals surface area contributed by atoms with Crippen LogP contribution in [0, 0.1) is 0 Å². The van der Waals surface area contributed by atoms with Gasteiger partial charge in [-0.2, -0.15) is 13.2 Å². The van der Waals surface area contributed by atoms with Crippen molar-refractivity contribution < 1.29 is 18.0 Å². The van der Waals surface area contributed by atoms with Crippen molar-refractivity contribution >= 4 is 17.4 Å². The highest BCUT2D eigenvalue weighted by molar-refractivity contribution is 6.30.